The minimum atomic E-state index is -0.340. The quantitative estimate of drug-likeness (QED) is 0.615. The van der Waals surface area contributed by atoms with Gasteiger partial charge < -0.3 is 0 Å². The molecular weight excluding hydrogens is 283 g/mol. The average Bonchev–Trinajstić information content (AvgIpc) is 2.48. The lowest BCUT2D eigenvalue weighted by atomic mass is 9.94. The summed E-state index contributed by atoms with van der Waals surface area (Å²) >= 11 is 5.81. The van der Waals surface area contributed by atoms with Gasteiger partial charge in [-0.05, 0) is 61.8 Å². The molecule has 0 nitrogen and oxygen atoms in total. The SMILES string of the molecule is Cc1ccc(CC[C@H](C)CCc2ccc(F)c(Cl)c2)cc1. The molecular formula is C19H22ClF. The van der Waals surface area contributed by atoms with E-state index in [1.165, 1.54) is 23.6 Å². The van der Waals surface area contributed by atoms with E-state index in [4.69, 9.17) is 11.6 Å². The standard InChI is InChI=1S/C19H22ClF/c1-14-3-7-16(8-4-14)9-5-15(2)6-10-17-11-12-19(21)18(20)13-17/h3-4,7-8,11-13,15H,5-6,9-10H2,1-2H3/t15-/m0/s1. The van der Waals surface area contributed by atoms with E-state index < -0.39 is 0 Å². The van der Waals surface area contributed by atoms with E-state index in [-0.39, 0.29) is 10.8 Å². The summed E-state index contributed by atoms with van der Waals surface area (Å²) in [5.41, 5.74) is 3.82. The van der Waals surface area contributed by atoms with Gasteiger partial charge in [-0.1, -0.05) is 54.4 Å². The van der Waals surface area contributed by atoms with Crippen LogP contribution in [0.25, 0.3) is 0 Å². The molecule has 0 aliphatic carbocycles. The zero-order chi connectivity index (χ0) is 15.2. The Morgan fingerprint density at radius 2 is 1.52 bits per heavy atom. The Morgan fingerprint density at radius 1 is 0.952 bits per heavy atom. The number of hydrogen-bond donors (Lipinski definition) is 0. The first-order valence-electron chi connectivity index (χ1n) is 7.54. The van der Waals surface area contributed by atoms with Crippen molar-refractivity contribution in [3.8, 4) is 0 Å². The van der Waals surface area contributed by atoms with Crippen molar-refractivity contribution in [3.05, 3.63) is 70.0 Å². The average molecular weight is 305 g/mol. The fraction of sp³-hybridized carbons (Fsp3) is 0.368. The van der Waals surface area contributed by atoms with E-state index in [0.29, 0.717) is 5.92 Å². The van der Waals surface area contributed by atoms with E-state index in [1.807, 2.05) is 6.07 Å². The number of hydrogen-bond acceptors (Lipinski definition) is 0. The molecule has 2 heteroatoms. The predicted molar refractivity (Wildman–Crippen MR) is 88.4 cm³/mol. The van der Waals surface area contributed by atoms with E-state index in [1.54, 1.807) is 6.07 Å². The summed E-state index contributed by atoms with van der Waals surface area (Å²) in [6.07, 6.45) is 4.35. The van der Waals surface area contributed by atoms with Crippen molar-refractivity contribution < 1.29 is 4.39 Å². The van der Waals surface area contributed by atoms with Crippen LogP contribution in [-0.4, -0.2) is 0 Å². The molecule has 0 N–H and O–H groups in total. The van der Waals surface area contributed by atoms with Crippen molar-refractivity contribution in [1.82, 2.24) is 0 Å². The van der Waals surface area contributed by atoms with Gasteiger partial charge in [0.25, 0.3) is 0 Å². The van der Waals surface area contributed by atoms with Gasteiger partial charge in [0.15, 0.2) is 0 Å². The van der Waals surface area contributed by atoms with Gasteiger partial charge in [0, 0.05) is 0 Å². The molecule has 0 bridgehead atoms. The summed E-state index contributed by atoms with van der Waals surface area (Å²) < 4.78 is 13.1. The molecule has 0 spiro atoms. The molecule has 0 radical (unpaired) electrons. The van der Waals surface area contributed by atoms with Crippen LogP contribution < -0.4 is 0 Å². The fourth-order valence-electron chi connectivity index (χ4n) is 2.42. The van der Waals surface area contributed by atoms with Gasteiger partial charge in [-0.15, -0.1) is 0 Å². The summed E-state index contributed by atoms with van der Waals surface area (Å²) in [5, 5.41) is 0.222. The number of benzene rings is 2. The van der Waals surface area contributed by atoms with E-state index >= 15 is 0 Å². The highest BCUT2D eigenvalue weighted by molar-refractivity contribution is 6.30. The molecule has 0 aliphatic rings. The lowest BCUT2D eigenvalue weighted by molar-refractivity contribution is 0.492. The summed E-state index contributed by atoms with van der Waals surface area (Å²) in [4.78, 5) is 0. The third kappa shape index (κ3) is 5.17. The highest BCUT2D eigenvalue weighted by Crippen LogP contribution is 2.20. The minimum absolute atomic E-state index is 0.222. The summed E-state index contributed by atoms with van der Waals surface area (Å²) in [5.74, 6) is 0.308. The molecule has 0 unspecified atom stereocenters. The molecule has 21 heavy (non-hydrogen) atoms. The normalized spacial score (nSPS) is 12.4. The molecule has 0 aromatic heterocycles. The Hall–Kier alpha value is -1.34. The highest BCUT2D eigenvalue weighted by Gasteiger charge is 2.06. The van der Waals surface area contributed by atoms with Crippen LogP contribution in [0.15, 0.2) is 42.5 Å². The topological polar surface area (TPSA) is 0 Å². The van der Waals surface area contributed by atoms with Crippen LogP contribution in [0, 0.1) is 18.7 Å². The number of halogens is 2. The molecule has 0 saturated carbocycles. The second-order valence-corrected chi connectivity index (χ2v) is 6.32. The number of rotatable bonds is 6. The summed E-state index contributed by atoms with van der Waals surface area (Å²) in [7, 11) is 0. The first kappa shape index (κ1) is 16.0. The first-order valence-corrected chi connectivity index (χ1v) is 7.92. The second-order valence-electron chi connectivity index (χ2n) is 5.92. The van der Waals surface area contributed by atoms with Crippen molar-refractivity contribution in [2.75, 3.05) is 0 Å². The van der Waals surface area contributed by atoms with Crippen molar-refractivity contribution in [3.63, 3.8) is 0 Å². The molecule has 0 saturated heterocycles. The zero-order valence-electron chi connectivity index (χ0n) is 12.7. The Balaban J connectivity index is 1.77. The number of aryl methyl sites for hydroxylation is 3. The maximum atomic E-state index is 13.1. The molecule has 0 fully saturated rings. The third-order valence-electron chi connectivity index (χ3n) is 3.96. The maximum Gasteiger partial charge on any atom is 0.141 e. The molecule has 0 amide bonds. The van der Waals surface area contributed by atoms with Crippen LogP contribution in [0.1, 0.15) is 36.5 Å². The van der Waals surface area contributed by atoms with Gasteiger partial charge in [-0.2, -0.15) is 0 Å². The Kier molecular flexibility index (Phi) is 5.81. The molecule has 0 aliphatic heterocycles. The van der Waals surface area contributed by atoms with Crippen LogP contribution in [0.4, 0.5) is 4.39 Å². The summed E-state index contributed by atoms with van der Waals surface area (Å²) in [6, 6.07) is 13.8. The van der Waals surface area contributed by atoms with Gasteiger partial charge in [0.1, 0.15) is 5.82 Å². The highest BCUT2D eigenvalue weighted by atomic mass is 35.5. The van der Waals surface area contributed by atoms with Gasteiger partial charge in [0.05, 0.1) is 5.02 Å². The third-order valence-corrected chi connectivity index (χ3v) is 4.25. The van der Waals surface area contributed by atoms with E-state index in [0.717, 1.165) is 24.8 Å². The Morgan fingerprint density at radius 3 is 2.14 bits per heavy atom. The second kappa shape index (κ2) is 7.61. The van der Waals surface area contributed by atoms with E-state index in [9.17, 15) is 4.39 Å². The lowest BCUT2D eigenvalue weighted by Crippen LogP contribution is -2.00. The largest absolute Gasteiger partial charge is 0.205 e. The van der Waals surface area contributed by atoms with Crippen LogP contribution in [0.3, 0.4) is 0 Å². The Bertz CT molecular complexity index is 575. The minimum Gasteiger partial charge on any atom is -0.205 e. The van der Waals surface area contributed by atoms with Crippen molar-refractivity contribution in [1.29, 1.82) is 0 Å². The van der Waals surface area contributed by atoms with Gasteiger partial charge in [-0.25, -0.2) is 4.39 Å². The fourth-order valence-corrected chi connectivity index (χ4v) is 2.62. The van der Waals surface area contributed by atoms with Crippen LogP contribution in [0.2, 0.25) is 5.02 Å². The lowest BCUT2D eigenvalue weighted by Gasteiger charge is -2.12. The molecule has 1 atom stereocenters. The first-order chi connectivity index (χ1) is 10.0. The molecule has 2 rings (SSSR count). The van der Waals surface area contributed by atoms with Gasteiger partial charge in [-0.3, -0.25) is 0 Å². The van der Waals surface area contributed by atoms with Crippen molar-refractivity contribution in [2.24, 2.45) is 5.92 Å². The van der Waals surface area contributed by atoms with Gasteiger partial charge >= 0.3 is 0 Å². The molecule has 112 valence electrons. The van der Waals surface area contributed by atoms with Crippen LogP contribution >= 0.6 is 11.6 Å². The van der Waals surface area contributed by atoms with Crippen LogP contribution in [0.5, 0.6) is 0 Å². The van der Waals surface area contributed by atoms with Crippen LogP contribution in [-0.2, 0) is 12.8 Å². The van der Waals surface area contributed by atoms with Crippen molar-refractivity contribution in [2.45, 2.75) is 39.5 Å². The molecule has 0 heterocycles. The monoisotopic (exact) mass is 304 g/mol. The molecule has 2 aromatic rings. The zero-order valence-corrected chi connectivity index (χ0v) is 13.5. The summed E-state index contributed by atoms with van der Waals surface area (Å²) in [6.45, 7) is 4.39. The smallest absolute Gasteiger partial charge is 0.141 e. The maximum absolute atomic E-state index is 13.1. The molecule has 2 aromatic carbocycles. The van der Waals surface area contributed by atoms with Gasteiger partial charge in [0.2, 0.25) is 0 Å². The predicted octanol–water partition coefficient (Wildman–Crippen LogP) is 5.99. The Labute approximate surface area is 132 Å². The van der Waals surface area contributed by atoms with E-state index in [2.05, 4.69) is 38.1 Å². The van der Waals surface area contributed by atoms with Crippen molar-refractivity contribution >= 4 is 11.6 Å².